The van der Waals surface area contributed by atoms with Crippen LogP contribution < -0.4 is 20.5 Å². The van der Waals surface area contributed by atoms with Crippen molar-refractivity contribution in [3.8, 4) is 11.5 Å². The normalized spacial score (nSPS) is 14.7. The zero-order chi connectivity index (χ0) is 22.1. The van der Waals surface area contributed by atoms with Crippen LogP contribution in [0.15, 0.2) is 53.5 Å². The first-order chi connectivity index (χ1) is 14.9. The maximum absolute atomic E-state index is 12.2. The van der Waals surface area contributed by atoms with Crippen LogP contribution in [0.25, 0.3) is 0 Å². The van der Waals surface area contributed by atoms with Gasteiger partial charge in [0.05, 0.1) is 0 Å². The molecule has 3 N–H and O–H groups in total. The zero-order valence-electron chi connectivity index (χ0n) is 17.6. The lowest BCUT2D eigenvalue weighted by Crippen LogP contribution is -2.25. The minimum Gasteiger partial charge on any atom is -0.492 e. The standard InChI is InChI=1S/C22H27F3N4O2.HI/c23-22(24,25)31-20-9-5-18(6-10-20)28-21(26)27-12-11-17-3-7-19(8-4-17)30-16-15-29-13-1-2-14-29;/h3-10H,1-2,11-16H2,(H3,26,27,28);1H. The maximum Gasteiger partial charge on any atom is 0.573 e. The first-order valence-corrected chi connectivity index (χ1v) is 10.2. The molecule has 0 amide bonds. The number of halogens is 4. The summed E-state index contributed by atoms with van der Waals surface area (Å²) in [6.07, 6.45) is -1.46. The van der Waals surface area contributed by atoms with Crippen LogP contribution in [0.1, 0.15) is 18.4 Å². The molecule has 0 unspecified atom stereocenters. The number of hydrogen-bond acceptors (Lipinski definition) is 4. The summed E-state index contributed by atoms with van der Waals surface area (Å²) in [5, 5.41) is 2.84. The molecule has 1 saturated heterocycles. The number of benzene rings is 2. The van der Waals surface area contributed by atoms with Gasteiger partial charge in [0, 0.05) is 18.8 Å². The highest BCUT2D eigenvalue weighted by atomic mass is 127. The average molecular weight is 564 g/mol. The van der Waals surface area contributed by atoms with Crippen molar-refractivity contribution >= 4 is 35.6 Å². The fraction of sp³-hybridized carbons (Fsp3) is 0.409. The number of alkyl halides is 3. The van der Waals surface area contributed by atoms with Crippen LogP contribution in [0, 0.1) is 0 Å². The Morgan fingerprint density at radius 3 is 2.25 bits per heavy atom. The molecule has 10 heteroatoms. The monoisotopic (exact) mass is 564 g/mol. The number of nitrogens with one attached hydrogen (secondary N) is 1. The molecule has 1 fully saturated rings. The molecule has 0 spiro atoms. The summed E-state index contributed by atoms with van der Waals surface area (Å²) < 4.78 is 46.2. The van der Waals surface area contributed by atoms with Crippen LogP contribution in [0.4, 0.5) is 18.9 Å². The minimum absolute atomic E-state index is 0. The third-order valence-electron chi connectivity index (χ3n) is 4.84. The lowest BCUT2D eigenvalue weighted by atomic mass is 10.1. The van der Waals surface area contributed by atoms with Crippen molar-refractivity contribution in [3.63, 3.8) is 0 Å². The summed E-state index contributed by atoms with van der Waals surface area (Å²) in [5.74, 6) is 0.744. The lowest BCUT2D eigenvalue weighted by Gasteiger charge is -2.15. The van der Waals surface area contributed by atoms with Crippen molar-refractivity contribution < 1.29 is 22.6 Å². The Bertz CT molecular complexity index is 840. The summed E-state index contributed by atoms with van der Waals surface area (Å²) >= 11 is 0. The number of aliphatic imine (C=N–C) groups is 1. The van der Waals surface area contributed by atoms with E-state index in [2.05, 4.69) is 19.9 Å². The smallest absolute Gasteiger partial charge is 0.492 e. The van der Waals surface area contributed by atoms with Crippen LogP contribution in [0.2, 0.25) is 0 Å². The average Bonchev–Trinajstić information content (AvgIpc) is 3.23. The molecule has 0 radical (unpaired) electrons. The summed E-state index contributed by atoms with van der Waals surface area (Å²) in [7, 11) is 0. The van der Waals surface area contributed by atoms with Crippen molar-refractivity contribution in [2.75, 3.05) is 38.1 Å². The van der Waals surface area contributed by atoms with E-state index >= 15 is 0 Å². The molecule has 2 aromatic carbocycles. The van der Waals surface area contributed by atoms with E-state index in [4.69, 9.17) is 10.5 Å². The molecule has 0 atom stereocenters. The lowest BCUT2D eigenvalue weighted by molar-refractivity contribution is -0.274. The van der Waals surface area contributed by atoms with Gasteiger partial charge in [-0.1, -0.05) is 12.1 Å². The second kappa shape index (κ2) is 12.7. The van der Waals surface area contributed by atoms with Crippen molar-refractivity contribution in [1.29, 1.82) is 0 Å². The van der Waals surface area contributed by atoms with Gasteiger partial charge in [0.25, 0.3) is 0 Å². The van der Waals surface area contributed by atoms with E-state index in [1.165, 1.54) is 50.2 Å². The van der Waals surface area contributed by atoms with Gasteiger partial charge in [-0.3, -0.25) is 9.89 Å². The van der Waals surface area contributed by atoms with Crippen LogP contribution in [-0.4, -0.2) is 50.0 Å². The predicted octanol–water partition coefficient (Wildman–Crippen LogP) is 4.65. The first kappa shape index (κ1) is 26.0. The number of likely N-dealkylation sites (tertiary alicyclic amines) is 1. The molecule has 0 aromatic heterocycles. The van der Waals surface area contributed by atoms with Gasteiger partial charge in [-0.2, -0.15) is 0 Å². The highest BCUT2D eigenvalue weighted by Crippen LogP contribution is 2.23. The Hall–Kier alpha value is -2.21. The van der Waals surface area contributed by atoms with Crippen LogP contribution >= 0.6 is 24.0 Å². The number of rotatable bonds is 9. The Labute approximate surface area is 203 Å². The highest BCUT2D eigenvalue weighted by molar-refractivity contribution is 14.0. The number of guanidine groups is 1. The molecule has 6 nitrogen and oxygen atoms in total. The molecule has 0 bridgehead atoms. The summed E-state index contributed by atoms with van der Waals surface area (Å²) in [6.45, 7) is 4.45. The topological polar surface area (TPSA) is 72.1 Å². The van der Waals surface area contributed by atoms with E-state index < -0.39 is 6.36 Å². The minimum atomic E-state index is -4.71. The summed E-state index contributed by atoms with van der Waals surface area (Å²) in [6, 6.07) is 13.2. The first-order valence-electron chi connectivity index (χ1n) is 10.2. The van der Waals surface area contributed by atoms with E-state index in [-0.39, 0.29) is 35.7 Å². The molecule has 1 aliphatic heterocycles. The van der Waals surface area contributed by atoms with Crippen LogP contribution in [0.3, 0.4) is 0 Å². The number of anilines is 1. The molecular formula is C22H28F3IN4O2. The molecule has 176 valence electrons. The van der Waals surface area contributed by atoms with Crippen molar-refractivity contribution in [1.82, 2.24) is 4.90 Å². The fourth-order valence-electron chi connectivity index (χ4n) is 3.28. The molecule has 2 aromatic rings. The second-order valence-electron chi connectivity index (χ2n) is 7.26. The van der Waals surface area contributed by atoms with Gasteiger partial charge in [-0.15, -0.1) is 37.1 Å². The third-order valence-corrected chi connectivity index (χ3v) is 4.84. The molecule has 1 heterocycles. The molecule has 1 aliphatic rings. The van der Waals surface area contributed by atoms with Gasteiger partial charge in [0.2, 0.25) is 0 Å². The maximum atomic E-state index is 12.2. The molecular weight excluding hydrogens is 536 g/mol. The number of ether oxygens (including phenoxy) is 2. The van der Waals surface area contributed by atoms with Crippen LogP contribution in [0.5, 0.6) is 11.5 Å². The van der Waals surface area contributed by atoms with E-state index in [1.807, 2.05) is 24.3 Å². The number of hydrogen-bond donors (Lipinski definition) is 2. The van der Waals surface area contributed by atoms with Crippen LogP contribution in [-0.2, 0) is 6.42 Å². The van der Waals surface area contributed by atoms with Crippen molar-refractivity contribution in [2.45, 2.75) is 25.6 Å². The van der Waals surface area contributed by atoms with Gasteiger partial charge >= 0.3 is 6.36 Å². The largest absolute Gasteiger partial charge is 0.573 e. The van der Waals surface area contributed by atoms with Gasteiger partial charge in [0.15, 0.2) is 5.96 Å². The molecule has 0 saturated carbocycles. The highest BCUT2D eigenvalue weighted by Gasteiger charge is 2.30. The summed E-state index contributed by atoms with van der Waals surface area (Å²) in [5.41, 5.74) is 7.47. The summed E-state index contributed by atoms with van der Waals surface area (Å²) in [4.78, 5) is 6.66. The Balaban J connectivity index is 0.00000363. The Morgan fingerprint density at radius 2 is 1.62 bits per heavy atom. The predicted molar refractivity (Wildman–Crippen MR) is 130 cm³/mol. The van der Waals surface area contributed by atoms with E-state index in [0.29, 0.717) is 25.3 Å². The third kappa shape index (κ3) is 9.51. The van der Waals surface area contributed by atoms with E-state index in [1.54, 1.807) is 0 Å². The zero-order valence-corrected chi connectivity index (χ0v) is 19.9. The Morgan fingerprint density at radius 1 is 1.00 bits per heavy atom. The molecule has 0 aliphatic carbocycles. The van der Waals surface area contributed by atoms with Gasteiger partial charge in [-0.25, -0.2) is 0 Å². The molecule has 32 heavy (non-hydrogen) atoms. The van der Waals surface area contributed by atoms with Gasteiger partial charge in [-0.05, 0) is 74.3 Å². The van der Waals surface area contributed by atoms with Gasteiger partial charge < -0.3 is 20.5 Å². The Kier molecular flexibility index (Phi) is 10.4. The van der Waals surface area contributed by atoms with E-state index in [0.717, 1.165) is 17.9 Å². The van der Waals surface area contributed by atoms with Crippen molar-refractivity contribution in [2.24, 2.45) is 10.7 Å². The number of nitrogens with zero attached hydrogens (tertiary/aromatic N) is 2. The van der Waals surface area contributed by atoms with Gasteiger partial charge in [0.1, 0.15) is 18.1 Å². The van der Waals surface area contributed by atoms with E-state index in [9.17, 15) is 13.2 Å². The SMILES string of the molecule is I.NC(=NCCc1ccc(OCCN2CCCC2)cc1)Nc1ccc(OC(F)(F)F)cc1. The number of nitrogens with two attached hydrogens (primary N) is 1. The second-order valence-corrected chi connectivity index (χ2v) is 7.26. The molecule has 3 rings (SSSR count). The fourth-order valence-corrected chi connectivity index (χ4v) is 3.28. The van der Waals surface area contributed by atoms with Crippen molar-refractivity contribution in [3.05, 3.63) is 54.1 Å². The quantitative estimate of drug-likeness (QED) is 0.264.